The fourth-order valence-electron chi connectivity index (χ4n) is 1.75. The van der Waals surface area contributed by atoms with E-state index in [1.165, 1.54) is 27.5 Å². The number of benzene rings is 1. The van der Waals surface area contributed by atoms with Crippen LogP contribution in [0.15, 0.2) is 24.4 Å². The second kappa shape index (κ2) is 6.93. The molecule has 0 unspecified atom stereocenters. The van der Waals surface area contributed by atoms with E-state index >= 15 is 0 Å². The number of ether oxygens (including phenoxy) is 1. The van der Waals surface area contributed by atoms with E-state index in [-0.39, 0.29) is 6.16 Å². The van der Waals surface area contributed by atoms with E-state index in [9.17, 15) is 4.57 Å². The Kier molecular flexibility index (Phi) is 5.22. The highest BCUT2D eigenvalue weighted by molar-refractivity contribution is 7.52. The fraction of sp³-hybridized carbons (Fsp3) is 0.333. The lowest BCUT2D eigenvalue weighted by Crippen LogP contribution is -1.99. The lowest BCUT2D eigenvalue weighted by molar-refractivity contribution is -0.242. The number of rotatable bonds is 7. The first kappa shape index (κ1) is 15.8. The molecule has 0 aliphatic carbocycles. The predicted octanol–water partition coefficient (Wildman–Crippen LogP) is 2.49. The number of hydrogen-bond acceptors (Lipinski definition) is 8. The van der Waals surface area contributed by atoms with Crippen LogP contribution in [0.2, 0.25) is 0 Å². The van der Waals surface area contributed by atoms with E-state index in [4.69, 9.17) is 4.74 Å². The van der Waals surface area contributed by atoms with Gasteiger partial charge in [-0.05, 0) is 17.7 Å². The Labute approximate surface area is 121 Å². The summed E-state index contributed by atoms with van der Waals surface area (Å²) in [5, 5.41) is 0. The van der Waals surface area contributed by atoms with Gasteiger partial charge in [0.05, 0.1) is 44.7 Å². The zero-order valence-corrected chi connectivity index (χ0v) is 12.7. The lowest BCUT2D eigenvalue weighted by atomic mass is 10.2. The van der Waals surface area contributed by atoms with Crippen molar-refractivity contribution in [1.29, 1.82) is 0 Å². The number of nitrogens with zero attached hydrogens (tertiary/aromatic N) is 2. The Morgan fingerprint density at radius 1 is 1.10 bits per heavy atom. The third-order valence-corrected chi connectivity index (χ3v) is 4.05. The van der Waals surface area contributed by atoms with Crippen LogP contribution in [-0.4, -0.2) is 31.3 Å². The van der Waals surface area contributed by atoms with Crippen LogP contribution in [0.3, 0.4) is 0 Å². The van der Waals surface area contributed by atoms with Gasteiger partial charge in [0.15, 0.2) is 0 Å². The van der Waals surface area contributed by atoms with E-state index in [2.05, 4.69) is 29.1 Å². The molecule has 0 saturated carbocycles. The van der Waals surface area contributed by atoms with E-state index in [1.807, 2.05) is 0 Å². The molecule has 8 nitrogen and oxygen atoms in total. The molecule has 1 aromatic heterocycles. The van der Waals surface area contributed by atoms with Crippen molar-refractivity contribution in [2.75, 3.05) is 21.3 Å². The van der Waals surface area contributed by atoms with Gasteiger partial charge in [0.1, 0.15) is 0 Å². The molecule has 0 fully saturated rings. The summed E-state index contributed by atoms with van der Waals surface area (Å²) in [5.74, 6) is 0.423. The van der Waals surface area contributed by atoms with Gasteiger partial charge < -0.3 is 4.74 Å². The van der Waals surface area contributed by atoms with Crippen molar-refractivity contribution < 1.29 is 28.4 Å². The van der Waals surface area contributed by atoms with Gasteiger partial charge in [-0.15, -0.1) is 9.35 Å². The minimum Gasteiger partial charge on any atom is -0.480 e. The van der Waals surface area contributed by atoms with Crippen LogP contribution in [0, 0.1) is 0 Å². The van der Waals surface area contributed by atoms with Gasteiger partial charge in [0, 0.05) is 0 Å². The zero-order valence-electron chi connectivity index (χ0n) is 11.8. The largest absolute Gasteiger partial charge is 0.480 e. The van der Waals surface area contributed by atoms with Crippen LogP contribution in [-0.2, 0) is 29.9 Å². The summed E-state index contributed by atoms with van der Waals surface area (Å²) >= 11 is 0. The van der Waals surface area contributed by atoms with Crippen molar-refractivity contribution in [2.24, 2.45) is 0 Å². The Hall–Kier alpha value is -1.57. The normalized spacial score (nSPS) is 11.8. The number of fused-ring (bicyclic) bond motifs is 1. The lowest BCUT2D eigenvalue weighted by Gasteiger charge is -2.14. The quantitative estimate of drug-likeness (QED) is 0.437. The van der Waals surface area contributed by atoms with Crippen LogP contribution >= 0.6 is 7.60 Å². The molecule has 0 amide bonds. The van der Waals surface area contributed by atoms with Crippen molar-refractivity contribution in [3.63, 3.8) is 0 Å². The molecule has 2 rings (SSSR count). The molecule has 0 atom stereocenters. The molecule has 0 N–H and O–H groups in total. The second-order valence-corrected chi connectivity index (χ2v) is 5.82. The van der Waals surface area contributed by atoms with Crippen molar-refractivity contribution in [3.05, 3.63) is 30.0 Å². The molecule has 9 heteroatoms. The molecule has 0 saturated heterocycles. The van der Waals surface area contributed by atoms with Gasteiger partial charge in [0.2, 0.25) is 5.88 Å². The maximum absolute atomic E-state index is 12.3. The molecular weight excluding hydrogens is 299 g/mol. The van der Waals surface area contributed by atoms with Gasteiger partial charge in [-0.3, -0.25) is 4.57 Å². The van der Waals surface area contributed by atoms with Gasteiger partial charge in [0.25, 0.3) is 0 Å². The smallest absolute Gasteiger partial charge is 0.388 e. The van der Waals surface area contributed by atoms with E-state index < -0.39 is 7.60 Å². The van der Waals surface area contributed by atoms with Crippen molar-refractivity contribution >= 4 is 18.6 Å². The third-order valence-electron chi connectivity index (χ3n) is 2.55. The first-order chi connectivity index (χ1) is 10.1. The standard InChI is InChI=1S/C12H15N2O6P/c1-16-12-7-13-11-6-9(4-5-10(11)14-12)8-21(15,19-17-2)20-18-3/h4-7H,8H2,1-3H3. The monoisotopic (exact) mass is 314 g/mol. The predicted molar refractivity (Wildman–Crippen MR) is 73.6 cm³/mol. The first-order valence-electron chi connectivity index (χ1n) is 5.94. The highest BCUT2D eigenvalue weighted by Gasteiger charge is 2.28. The summed E-state index contributed by atoms with van der Waals surface area (Å²) in [4.78, 5) is 17.3. The maximum Gasteiger partial charge on any atom is 0.388 e. The van der Waals surface area contributed by atoms with Gasteiger partial charge >= 0.3 is 7.60 Å². The Morgan fingerprint density at radius 3 is 2.43 bits per heavy atom. The highest BCUT2D eigenvalue weighted by Crippen LogP contribution is 2.51. The number of methoxy groups -OCH3 is 1. The molecule has 0 spiro atoms. The average molecular weight is 314 g/mol. The maximum atomic E-state index is 12.3. The summed E-state index contributed by atoms with van der Waals surface area (Å²) in [6.45, 7) is 0. The van der Waals surface area contributed by atoms with Crippen LogP contribution in [0.25, 0.3) is 11.0 Å². The average Bonchev–Trinajstić information content (AvgIpc) is 2.47. The Bertz CT molecular complexity index is 655. The molecule has 21 heavy (non-hydrogen) atoms. The topological polar surface area (TPSA) is 89.0 Å². The molecule has 0 aliphatic rings. The van der Waals surface area contributed by atoms with Crippen LogP contribution in [0.1, 0.15) is 5.56 Å². The van der Waals surface area contributed by atoms with Gasteiger partial charge in [-0.25, -0.2) is 19.7 Å². The fourth-order valence-corrected chi connectivity index (χ4v) is 2.98. The molecule has 2 aromatic rings. The molecular formula is C12H15N2O6P. The molecule has 1 heterocycles. The minimum atomic E-state index is -3.55. The summed E-state index contributed by atoms with van der Waals surface area (Å²) < 4.78 is 26.6. The second-order valence-electron chi connectivity index (χ2n) is 3.99. The van der Waals surface area contributed by atoms with Crippen molar-refractivity contribution in [2.45, 2.75) is 6.16 Å². The van der Waals surface area contributed by atoms with Crippen LogP contribution in [0.4, 0.5) is 0 Å². The summed E-state index contributed by atoms with van der Waals surface area (Å²) in [6, 6.07) is 5.21. The van der Waals surface area contributed by atoms with Gasteiger partial charge in [-0.1, -0.05) is 6.07 Å². The summed E-state index contributed by atoms with van der Waals surface area (Å²) in [5.41, 5.74) is 1.97. The van der Waals surface area contributed by atoms with Crippen molar-refractivity contribution in [1.82, 2.24) is 9.97 Å². The van der Waals surface area contributed by atoms with Crippen LogP contribution < -0.4 is 4.74 Å². The number of aromatic nitrogens is 2. The van der Waals surface area contributed by atoms with E-state index in [1.54, 1.807) is 18.2 Å². The first-order valence-corrected chi connectivity index (χ1v) is 7.66. The minimum absolute atomic E-state index is 0.0294. The molecule has 0 radical (unpaired) electrons. The molecule has 114 valence electrons. The Balaban J connectivity index is 2.28. The summed E-state index contributed by atoms with van der Waals surface area (Å²) in [6.07, 6.45) is 1.47. The highest BCUT2D eigenvalue weighted by atomic mass is 31.2. The SMILES string of the molecule is COOP(=O)(Cc1ccc2nc(OC)cnc2c1)OOC. The molecule has 1 aromatic carbocycles. The van der Waals surface area contributed by atoms with Crippen LogP contribution in [0.5, 0.6) is 5.88 Å². The number of hydrogen-bond donors (Lipinski definition) is 0. The zero-order chi connectivity index (χ0) is 15.3. The van der Waals surface area contributed by atoms with Crippen molar-refractivity contribution in [3.8, 4) is 5.88 Å². The van der Waals surface area contributed by atoms with E-state index in [0.29, 0.717) is 22.5 Å². The van der Waals surface area contributed by atoms with Gasteiger partial charge in [-0.2, -0.15) is 0 Å². The Morgan fingerprint density at radius 2 is 1.81 bits per heavy atom. The third kappa shape index (κ3) is 3.96. The molecule has 0 bridgehead atoms. The molecule has 0 aliphatic heterocycles. The van der Waals surface area contributed by atoms with E-state index in [0.717, 1.165) is 0 Å². The summed E-state index contributed by atoms with van der Waals surface area (Å²) in [7, 11) is 0.446.